The molecule has 0 spiro atoms. The first kappa shape index (κ1) is 21.4. The summed E-state index contributed by atoms with van der Waals surface area (Å²) in [4.78, 5) is 16.4. The normalized spacial score (nSPS) is 15.4. The molecule has 3 heterocycles. The average molecular weight is 419 g/mol. The van der Waals surface area contributed by atoms with Crippen molar-refractivity contribution in [2.24, 2.45) is 5.92 Å². The fourth-order valence-electron chi connectivity index (χ4n) is 3.78. The quantitative estimate of drug-likeness (QED) is 0.637. The van der Waals surface area contributed by atoms with Gasteiger partial charge >= 0.3 is 12.1 Å². The molecule has 1 aliphatic rings. The van der Waals surface area contributed by atoms with Crippen LogP contribution in [0.4, 0.5) is 13.2 Å². The molecule has 2 N–H and O–H groups in total. The summed E-state index contributed by atoms with van der Waals surface area (Å²) in [7, 11) is 0. The number of nitriles is 1. The molecule has 4 rings (SSSR count). The highest BCUT2D eigenvalue weighted by Crippen LogP contribution is 2.36. The minimum atomic E-state index is -5.08. The maximum absolute atomic E-state index is 10.6. The van der Waals surface area contributed by atoms with Gasteiger partial charge in [-0.25, -0.2) is 9.78 Å². The zero-order valence-corrected chi connectivity index (χ0v) is 15.9. The second kappa shape index (κ2) is 8.98. The predicted octanol–water partition coefficient (Wildman–Crippen LogP) is 4.70. The van der Waals surface area contributed by atoms with Crippen LogP contribution in [0.3, 0.4) is 0 Å². The number of aliphatic carboxylic acids is 1. The molecule has 0 amide bonds. The maximum atomic E-state index is 10.6. The van der Waals surface area contributed by atoms with E-state index in [1.165, 1.54) is 25.7 Å². The highest BCUT2D eigenvalue weighted by atomic mass is 19.4. The van der Waals surface area contributed by atoms with Gasteiger partial charge in [0.1, 0.15) is 5.65 Å². The minimum Gasteiger partial charge on any atom is -0.475 e. The largest absolute Gasteiger partial charge is 0.490 e. The van der Waals surface area contributed by atoms with Crippen LogP contribution in [-0.4, -0.2) is 37.0 Å². The number of pyridine rings is 1. The topological polar surface area (TPSA) is 108 Å². The lowest BCUT2D eigenvalue weighted by atomic mass is 9.96. The SMILES string of the molecule is N#CCC(C1CCCC1)n1cc(-c2ccnc3[nH]ccc23)cn1.O=C(O)C(F)(F)F. The number of hydrogen-bond donors (Lipinski definition) is 2. The molecular formula is C20H20F3N5O2. The first-order valence-corrected chi connectivity index (χ1v) is 9.45. The van der Waals surface area contributed by atoms with Gasteiger partial charge in [0.05, 0.1) is 24.7 Å². The first-order chi connectivity index (χ1) is 14.3. The molecule has 10 heteroatoms. The van der Waals surface area contributed by atoms with Crippen LogP contribution in [0.5, 0.6) is 0 Å². The number of aromatic nitrogens is 4. The van der Waals surface area contributed by atoms with Gasteiger partial charge in [0.25, 0.3) is 0 Å². The van der Waals surface area contributed by atoms with Gasteiger partial charge in [-0.2, -0.15) is 23.5 Å². The van der Waals surface area contributed by atoms with Gasteiger partial charge in [-0.3, -0.25) is 4.68 Å². The second-order valence-electron chi connectivity index (χ2n) is 7.08. The van der Waals surface area contributed by atoms with Crippen LogP contribution >= 0.6 is 0 Å². The number of alkyl halides is 3. The van der Waals surface area contributed by atoms with E-state index in [2.05, 4.69) is 27.3 Å². The second-order valence-corrected chi connectivity index (χ2v) is 7.08. The van der Waals surface area contributed by atoms with Crippen molar-refractivity contribution in [3.63, 3.8) is 0 Å². The molecule has 1 atom stereocenters. The zero-order chi connectivity index (χ0) is 21.7. The number of fused-ring (bicyclic) bond motifs is 1. The summed E-state index contributed by atoms with van der Waals surface area (Å²) in [6, 6.07) is 6.60. The molecule has 3 aromatic heterocycles. The lowest BCUT2D eigenvalue weighted by Crippen LogP contribution is -2.21. The zero-order valence-electron chi connectivity index (χ0n) is 15.9. The summed E-state index contributed by atoms with van der Waals surface area (Å²) < 4.78 is 33.7. The van der Waals surface area contributed by atoms with Crippen molar-refractivity contribution < 1.29 is 23.1 Å². The number of carboxylic acids is 1. The first-order valence-electron chi connectivity index (χ1n) is 9.45. The Morgan fingerprint density at radius 2 is 2.07 bits per heavy atom. The number of halogens is 3. The molecule has 3 aromatic rings. The molecule has 0 bridgehead atoms. The number of rotatable bonds is 4. The number of hydrogen-bond acceptors (Lipinski definition) is 4. The van der Waals surface area contributed by atoms with E-state index in [0.29, 0.717) is 12.3 Å². The molecule has 1 saturated carbocycles. The van der Waals surface area contributed by atoms with Crippen molar-refractivity contribution in [1.82, 2.24) is 19.7 Å². The Bertz CT molecular complexity index is 1040. The third kappa shape index (κ3) is 4.79. The summed E-state index contributed by atoms with van der Waals surface area (Å²) in [5.74, 6) is -2.18. The number of aromatic amines is 1. The summed E-state index contributed by atoms with van der Waals surface area (Å²) in [5, 5.41) is 22.0. The smallest absolute Gasteiger partial charge is 0.475 e. The van der Waals surface area contributed by atoms with Gasteiger partial charge in [0, 0.05) is 29.5 Å². The van der Waals surface area contributed by atoms with Crippen LogP contribution in [0.2, 0.25) is 0 Å². The summed E-state index contributed by atoms with van der Waals surface area (Å²) in [5.41, 5.74) is 3.10. The Kier molecular flexibility index (Phi) is 6.40. The minimum absolute atomic E-state index is 0.194. The molecule has 7 nitrogen and oxygen atoms in total. The highest BCUT2D eigenvalue weighted by Gasteiger charge is 2.38. The van der Waals surface area contributed by atoms with Gasteiger partial charge in [0.2, 0.25) is 0 Å². The lowest BCUT2D eigenvalue weighted by molar-refractivity contribution is -0.192. The number of H-pyrrole nitrogens is 1. The van der Waals surface area contributed by atoms with E-state index < -0.39 is 12.1 Å². The molecule has 30 heavy (non-hydrogen) atoms. The van der Waals surface area contributed by atoms with Crippen LogP contribution in [0.25, 0.3) is 22.2 Å². The van der Waals surface area contributed by atoms with Crippen LogP contribution in [0, 0.1) is 17.2 Å². The van der Waals surface area contributed by atoms with Gasteiger partial charge in [-0.1, -0.05) is 12.8 Å². The van der Waals surface area contributed by atoms with Gasteiger partial charge in [-0.05, 0) is 36.5 Å². The van der Waals surface area contributed by atoms with Gasteiger partial charge < -0.3 is 10.1 Å². The van der Waals surface area contributed by atoms with E-state index in [9.17, 15) is 18.4 Å². The number of nitrogens with one attached hydrogen (secondary N) is 1. The number of carboxylic acid groups (broad SMARTS) is 1. The van der Waals surface area contributed by atoms with E-state index in [4.69, 9.17) is 9.90 Å². The molecule has 0 aromatic carbocycles. The van der Waals surface area contributed by atoms with Gasteiger partial charge in [-0.15, -0.1) is 0 Å². The van der Waals surface area contributed by atoms with Crippen LogP contribution < -0.4 is 0 Å². The van der Waals surface area contributed by atoms with Crippen molar-refractivity contribution in [3.8, 4) is 17.2 Å². The average Bonchev–Trinajstić information content (AvgIpc) is 3.47. The molecule has 158 valence electrons. The van der Waals surface area contributed by atoms with Crippen LogP contribution in [-0.2, 0) is 4.79 Å². The van der Waals surface area contributed by atoms with E-state index in [0.717, 1.165) is 22.2 Å². The standard InChI is InChI=1S/C18H19N5.C2HF3O2/c19-8-5-17(13-3-1-2-4-13)23-12-14(11-22-23)15-6-9-20-18-16(15)7-10-21-18;3-2(4,5)1(6)7/h6-7,9-13,17H,1-5H2,(H,20,21);(H,6,7). The molecule has 1 unspecified atom stereocenters. The predicted molar refractivity (Wildman–Crippen MR) is 102 cm³/mol. The molecular weight excluding hydrogens is 399 g/mol. The van der Waals surface area contributed by atoms with Crippen molar-refractivity contribution in [2.75, 3.05) is 0 Å². The van der Waals surface area contributed by atoms with Crippen molar-refractivity contribution in [1.29, 1.82) is 5.26 Å². The molecule has 1 aliphatic carbocycles. The number of nitrogens with zero attached hydrogens (tertiary/aromatic N) is 4. The monoisotopic (exact) mass is 419 g/mol. The van der Waals surface area contributed by atoms with Crippen LogP contribution in [0.15, 0.2) is 36.9 Å². The van der Waals surface area contributed by atoms with Crippen molar-refractivity contribution >= 4 is 17.0 Å². The van der Waals surface area contributed by atoms with Gasteiger partial charge in [0.15, 0.2) is 0 Å². The van der Waals surface area contributed by atoms with E-state index >= 15 is 0 Å². The third-order valence-corrected chi connectivity index (χ3v) is 5.20. The third-order valence-electron chi connectivity index (χ3n) is 5.20. The molecule has 0 radical (unpaired) electrons. The lowest BCUT2D eigenvalue weighted by Gasteiger charge is -2.21. The summed E-state index contributed by atoms with van der Waals surface area (Å²) in [6.07, 6.45) is 8.12. The Labute approximate surface area is 170 Å². The Morgan fingerprint density at radius 1 is 1.37 bits per heavy atom. The van der Waals surface area contributed by atoms with E-state index in [1.54, 1.807) is 0 Å². The number of carbonyl (C=O) groups is 1. The molecule has 0 saturated heterocycles. The van der Waals surface area contributed by atoms with Crippen molar-refractivity contribution in [3.05, 3.63) is 36.9 Å². The molecule has 1 fully saturated rings. The van der Waals surface area contributed by atoms with Crippen molar-refractivity contribution in [2.45, 2.75) is 44.3 Å². The Hall–Kier alpha value is -3.35. The van der Waals surface area contributed by atoms with E-state index in [-0.39, 0.29) is 6.04 Å². The fourth-order valence-corrected chi connectivity index (χ4v) is 3.78. The summed E-state index contributed by atoms with van der Waals surface area (Å²) >= 11 is 0. The maximum Gasteiger partial charge on any atom is 0.490 e. The summed E-state index contributed by atoms with van der Waals surface area (Å²) in [6.45, 7) is 0. The highest BCUT2D eigenvalue weighted by molar-refractivity contribution is 5.92. The molecule has 0 aliphatic heterocycles. The Balaban J connectivity index is 0.000000318. The van der Waals surface area contributed by atoms with Crippen LogP contribution in [0.1, 0.15) is 38.1 Å². The van der Waals surface area contributed by atoms with E-state index in [1.807, 2.05) is 35.4 Å². The Morgan fingerprint density at radius 3 is 2.70 bits per heavy atom. The fraction of sp³-hybridized carbons (Fsp3) is 0.400.